The Kier molecular flexibility index (Phi) is 7.23. The molecule has 3 aliphatic carbocycles. The van der Waals surface area contributed by atoms with Crippen molar-refractivity contribution in [2.24, 2.45) is 58.2 Å². The van der Waals surface area contributed by atoms with Crippen LogP contribution in [0, 0.1) is 58.2 Å². The first-order valence-corrected chi connectivity index (χ1v) is 13.7. The molecule has 6 heteroatoms. The second-order valence-electron chi connectivity index (χ2n) is 13.3. The van der Waals surface area contributed by atoms with Crippen LogP contribution in [0.25, 0.3) is 0 Å². The molecule has 4 fully saturated rings. The van der Waals surface area contributed by atoms with Gasteiger partial charge in [-0.2, -0.15) is 0 Å². The van der Waals surface area contributed by atoms with Crippen molar-refractivity contribution in [1.29, 1.82) is 0 Å². The van der Waals surface area contributed by atoms with Crippen molar-refractivity contribution in [3.63, 3.8) is 0 Å². The van der Waals surface area contributed by atoms with Crippen LogP contribution in [-0.4, -0.2) is 57.4 Å². The van der Waals surface area contributed by atoms with E-state index >= 15 is 0 Å². The summed E-state index contributed by atoms with van der Waals surface area (Å²) in [6.45, 7) is 13.2. The van der Waals surface area contributed by atoms with Crippen LogP contribution in [0.5, 0.6) is 0 Å². The van der Waals surface area contributed by atoms with Crippen LogP contribution in [0.4, 0.5) is 0 Å². The summed E-state index contributed by atoms with van der Waals surface area (Å²) in [5.74, 6) is 0.948. The van der Waals surface area contributed by atoms with E-state index in [-0.39, 0.29) is 52.8 Å². The lowest BCUT2D eigenvalue weighted by molar-refractivity contribution is -0.162. The lowest BCUT2D eigenvalue weighted by atomic mass is 9.48. The number of carbonyl (C=O) groups is 1. The maximum Gasteiger partial charge on any atom is 0.309 e. The lowest BCUT2D eigenvalue weighted by Gasteiger charge is -2.56. The molecule has 1 aliphatic heterocycles. The van der Waals surface area contributed by atoms with Crippen LogP contribution in [0.3, 0.4) is 0 Å². The summed E-state index contributed by atoms with van der Waals surface area (Å²) >= 11 is 0. The number of cyclic esters (lactones) is 1. The van der Waals surface area contributed by atoms with Crippen molar-refractivity contribution in [1.82, 2.24) is 0 Å². The number of ether oxygens (including phenoxy) is 1. The Labute approximate surface area is 205 Å². The predicted octanol–water partition coefficient (Wildman–Crippen LogP) is 3.39. The summed E-state index contributed by atoms with van der Waals surface area (Å²) in [6, 6.07) is 0. The quantitative estimate of drug-likeness (QED) is 0.450. The van der Waals surface area contributed by atoms with E-state index in [0.717, 1.165) is 25.7 Å². The van der Waals surface area contributed by atoms with Crippen molar-refractivity contribution < 1.29 is 30.0 Å². The normalized spacial score (nSPS) is 48.1. The molecule has 0 bridgehead atoms. The molecule has 4 N–H and O–H groups in total. The van der Waals surface area contributed by atoms with E-state index in [1.807, 2.05) is 6.92 Å². The van der Waals surface area contributed by atoms with Gasteiger partial charge in [0.25, 0.3) is 0 Å². The minimum absolute atomic E-state index is 0.00827. The van der Waals surface area contributed by atoms with E-state index in [2.05, 4.69) is 34.6 Å². The number of aliphatic hydroxyl groups excluding tert-OH is 4. The summed E-state index contributed by atoms with van der Waals surface area (Å²) in [4.78, 5) is 13.0. The van der Waals surface area contributed by atoms with Crippen molar-refractivity contribution in [3.8, 4) is 0 Å². The molecule has 196 valence electrons. The highest BCUT2D eigenvalue weighted by molar-refractivity contribution is 5.74. The number of hydrogen-bond acceptors (Lipinski definition) is 6. The summed E-state index contributed by atoms with van der Waals surface area (Å²) in [5.41, 5.74) is -0.345. The van der Waals surface area contributed by atoms with Gasteiger partial charge in [0.2, 0.25) is 0 Å². The fraction of sp³-hybridized carbons (Fsp3) is 0.964. The van der Waals surface area contributed by atoms with Gasteiger partial charge in [0, 0.05) is 0 Å². The van der Waals surface area contributed by atoms with Crippen molar-refractivity contribution in [2.45, 2.75) is 104 Å². The highest BCUT2D eigenvalue weighted by Gasteiger charge is 2.63. The third kappa shape index (κ3) is 4.05. The molecule has 0 aromatic heterocycles. The zero-order chi connectivity index (χ0) is 25.2. The van der Waals surface area contributed by atoms with Gasteiger partial charge in [0.15, 0.2) is 0 Å². The Balaban J connectivity index is 1.58. The van der Waals surface area contributed by atoms with E-state index in [9.17, 15) is 25.2 Å². The van der Waals surface area contributed by atoms with E-state index in [0.29, 0.717) is 30.8 Å². The summed E-state index contributed by atoms with van der Waals surface area (Å²) < 4.78 is 5.86. The van der Waals surface area contributed by atoms with Gasteiger partial charge in [-0.25, -0.2) is 0 Å². The summed E-state index contributed by atoms with van der Waals surface area (Å²) in [7, 11) is 0. The molecule has 0 aromatic carbocycles. The molecule has 1 heterocycles. The monoisotopic (exact) mass is 480 g/mol. The number of carbonyl (C=O) groups excluding carboxylic acids is 1. The van der Waals surface area contributed by atoms with Crippen LogP contribution in [0.15, 0.2) is 0 Å². The average molecular weight is 481 g/mol. The molecule has 34 heavy (non-hydrogen) atoms. The molecule has 0 radical (unpaired) electrons. The smallest absolute Gasteiger partial charge is 0.309 e. The fourth-order valence-electron chi connectivity index (χ4n) is 8.95. The molecule has 0 aromatic rings. The van der Waals surface area contributed by atoms with Crippen molar-refractivity contribution >= 4 is 5.97 Å². The molecule has 0 spiro atoms. The van der Waals surface area contributed by atoms with E-state index < -0.39 is 24.4 Å². The predicted molar refractivity (Wildman–Crippen MR) is 130 cm³/mol. The van der Waals surface area contributed by atoms with Gasteiger partial charge in [-0.1, -0.05) is 41.5 Å². The molecule has 3 saturated carbocycles. The van der Waals surface area contributed by atoms with Gasteiger partial charge in [-0.15, -0.1) is 0 Å². The Bertz CT molecular complexity index is 755. The molecule has 13 atom stereocenters. The molecular formula is C28H48O6. The first kappa shape index (κ1) is 26.4. The largest absolute Gasteiger partial charge is 0.465 e. The highest BCUT2D eigenvalue weighted by Crippen LogP contribution is 2.66. The van der Waals surface area contributed by atoms with Gasteiger partial charge < -0.3 is 25.2 Å². The van der Waals surface area contributed by atoms with Crippen LogP contribution in [0.2, 0.25) is 0 Å². The molecule has 4 rings (SSSR count). The van der Waals surface area contributed by atoms with Gasteiger partial charge in [0.1, 0.15) is 0 Å². The maximum atomic E-state index is 13.0. The van der Waals surface area contributed by atoms with Gasteiger partial charge in [-0.05, 0) is 90.8 Å². The molecule has 4 aliphatic rings. The second-order valence-corrected chi connectivity index (χ2v) is 13.3. The highest BCUT2D eigenvalue weighted by atomic mass is 16.5. The lowest BCUT2D eigenvalue weighted by Crippen LogP contribution is -2.55. The van der Waals surface area contributed by atoms with Gasteiger partial charge in [0.05, 0.1) is 36.9 Å². The Hall–Kier alpha value is -0.690. The standard InChI is InChI=1S/C28H48O6/c1-14(2)15(3)24(31)25(32)16(4)18-7-8-19-17-13-34-26(33)21-11-22(29)23(30)12-28(21,6)20(17)9-10-27(18,19)5/h14-25,29-32H,7-13H2,1-6H3/t15-,16-,17-,18+,19-,20-,21+,22-,23+,24-,25-,27+,28+/m0/s1. The van der Waals surface area contributed by atoms with E-state index in [1.165, 1.54) is 0 Å². The summed E-state index contributed by atoms with van der Waals surface area (Å²) in [6.07, 6.45) is 1.61. The molecular weight excluding hydrogens is 432 g/mol. The number of rotatable bonds is 5. The third-order valence-corrected chi connectivity index (χ3v) is 11.5. The minimum Gasteiger partial charge on any atom is -0.465 e. The molecule has 0 unspecified atom stereocenters. The van der Waals surface area contributed by atoms with Gasteiger partial charge >= 0.3 is 5.97 Å². The molecule has 1 saturated heterocycles. The second kappa shape index (κ2) is 9.32. The molecule has 6 nitrogen and oxygen atoms in total. The van der Waals surface area contributed by atoms with Gasteiger partial charge in [-0.3, -0.25) is 4.79 Å². The average Bonchev–Trinajstić information content (AvgIpc) is 3.09. The van der Waals surface area contributed by atoms with Crippen molar-refractivity contribution in [3.05, 3.63) is 0 Å². The number of esters is 1. The van der Waals surface area contributed by atoms with E-state index in [1.54, 1.807) is 0 Å². The maximum absolute atomic E-state index is 13.0. The van der Waals surface area contributed by atoms with Crippen LogP contribution in [-0.2, 0) is 9.53 Å². The summed E-state index contributed by atoms with van der Waals surface area (Å²) in [5, 5.41) is 42.9. The Morgan fingerprint density at radius 2 is 1.56 bits per heavy atom. The first-order chi connectivity index (χ1) is 15.8. The van der Waals surface area contributed by atoms with Crippen LogP contribution >= 0.6 is 0 Å². The minimum atomic E-state index is -0.867. The van der Waals surface area contributed by atoms with Crippen LogP contribution in [0.1, 0.15) is 80.1 Å². The van der Waals surface area contributed by atoms with Crippen LogP contribution < -0.4 is 0 Å². The Morgan fingerprint density at radius 1 is 0.912 bits per heavy atom. The van der Waals surface area contributed by atoms with Crippen molar-refractivity contribution in [2.75, 3.05) is 6.61 Å². The topological polar surface area (TPSA) is 107 Å². The fourth-order valence-corrected chi connectivity index (χ4v) is 8.95. The third-order valence-electron chi connectivity index (χ3n) is 11.5. The first-order valence-electron chi connectivity index (χ1n) is 13.7. The van der Waals surface area contributed by atoms with E-state index in [4.69, 9.17) is 4.74 Å². The number of aliphatic hydroxyl groups is 4. The molecule has 0 amide bonds. The Morgan fingerprint density at radius 3 is 2.21 bits per heavy atom. The number of fused-ring (bicyclic) bond motifs is 5. The zero-order valence-electron chi connectivity index (χ0n) is 22.0. The zero-order valence-corrected chi connectivity index (χ0v) is 22.0. The SMILES string of the molecule is CC(C)[C@H](C)[C@H](O)[C@@H](O)[C@@H](C)[C@H]1CC[C@H]2[C@@H]3COC(=O)[C@H]4C[C@H](O)[C@H](O)C[C@]4(C)[C@H]3CC[C@]12C. The number of hydrogen-bond donors (Lipinski definition) is 4.